The van der Waals surface area contributed by atoms with Crippen LogP contribution in [0.5, 0.6) is 0 Å². The summed E-state index contributed by atoms with van der Waals surface area (Å²) in [7, 11) is 0. The van der Waals surface area contributed by atoms with Gasteiger partial charge in [0.2, 0.25) is 0 Å². The van der Waals surface area contributed by atoms with Gasteiger partial charge in [-0.1, -0.05) is 53.2 Å². The lowest BCUT2D eigenvalue weighted by Crippen LogP contribution is -2.57. The molecule has 7 atom stereocenters. The van der Waals surface area contributed by atoms with E-state index in [9.17, 15) is 14.7 Å². The Morgan fingerprint density at radius 3 is 2.44 bits per heavy atom. The predicted molar refractivity (Wildman–Crippen MR) is 135 cm³/mol. The van der Waals surface area contributed by atoms with Gasteiger partial charge in [0.05, 0.1) is 6.10 Å². The number of carboxylic acid groups (broad SMARTS) is 1. The van der Waals surface area contributed by atoms with Crippen molar-refractivity contribution in [1.29, 1.82) is 0 Å². The molecule has 0 aliphatic heterocycles. The van der Waals surface area contributed by atoms with E-state index in [-0.39, 0.29) is 27.6 Å². The zero-order valence-corrected chi connectivity index (χ0v) is 22.5. The molecule has 0 radical (unpaired) electrons. The molecular formula is C30H46O4. The van der Waals surface area contributed by atoms with Crippen molar-refractivity contribution in [3.63, 3.8) is 0 Å². The van der Waals surface area contributed by atoms with E-state index in [1.807, 2.05) is 6.08 Å². The lowest BCUT2D eigenvalue weighted by Gasteiger charge is -2.61. The Hall–Kier alpha value is -1.42. The van der Waals surface area contributed by atoms with Gasteiger partial charge in [0, 0.05) is 17.4 Å². The van der Waals surface area contributed by atoms with Crippen LogP contribution in [0.25, 0.3) is 0 Å². The summed E-state index contributed by atoms with van der Waals surface area (Å²) in [4.78, 5) is 24.0. The number of carboxylic acids is 1. The van der Waals surface area contributed by atoms with Gasteiger partial charge in [0.15, 0.2) is 0 Å². The summed E-state index contributed by atoms with van der Waals surface area (Å²) in [5, 5.41) is 20.8. The molecule has 0 aromatic carbocycles. The van der Waals surface area contributed by atoms with Gasteiger partial charge in [0.1, 0.15) is 5.78 Å². The highest BCUT2D eigenvalue weighted by Gasteiger charge is 2.65. The summed E-state index contributed by atoms with van der Waals surface area (Å²) in [6, 6.07) is 0. The van der Waals surface area contributed by atoms with Crippen LogP contribution in [0.2, 0.25) is 0 Å². The summed E-state index contributed by atoms with van der Waals surface area (Å²) in [5.74, 6) is 0.836. The summed E-state index contributed by atoms with van der Waals surface area (Å²) >= 11 is 0. The third-order valence-corrected chi connectivity index (χ3v) is 11.7. The standard InChI is InChI=1S/C30H46O4/c1-18(9-8-10-19(2)26(33)34)20-11-16-30(7)25-21(12-15-29(20,30)6)28(5)14-13-24(32)27(3,4)23(28)17-22(25)31/h10,18,20,22-23,31H,8-9,11-17H2,1-7H3,(H,33,34)/b19-10-/t18-,20-,22-,23+,28-,29-,30+/m1/s1. The van der Waals surface area contributed by atoms with E-state index in [1.165, 1.54) is 17.6 Å². The van der Waals surface area contributed by atoms with Gasteiger partial charge in [0.25, 0.3) is 0 Å². The topological polar surface area (TPSA) is 74.6 Å². The molecular weight excluding hydrogens is 424 g/mol. The van der Waals surface area contributed by atoms with Gasteiger partial charge in [-0.15, -0.1) is 0 Å². The molecule has 190 valence electrons. The van der Waals surface area contributed by atoms with Crippen LogP contribution in [-0.4, -0.2) is 28.1 Å². The van der Waals surface area contributed by atoms with Crippen LogP contribution < -0.4 is 0 Å². The second-order valence-electron chi connectivity index (χ2n) is 13.4. The van der Waals surface area contributed by atoms with Gasteiger partial charge in [-0.05, 0) is 97.9 Å². The second kappa shape index (κ2) is 8.32. The lowest BCUT2D eigenvalue weighted by molar-refractivity contribution is -0.142. The Morgan fingerprint density at radius 2 is 1.79 bits per heavy atom. The van der Waals surface area contributed by atoms with E-state index in [1.54, 1.807) is 6.92 Å². The molecule has 4 heteroatoms. The molecule has 0 bridgehead atoms. The SMILES string of the molecule is C/C(=C/CC[C@@H](C)[C@H]1CC[C@@]2(C)C3=C(CC[C@]12C)[C@@]1(C)CCC(=O)C(C)(C)[C@@H]1C[C@H]3O)C(=O)O. The smallest absolute Gasteiger partial charge is 0.330 e. The Kier molecular flexibility index (Phi) is 6.28. The van der Waals surface area contributed by atoms with Gasteiger partial charge in [-0.3, -0.25) is 4.79 Å². The second-order valence-corrected chi connectivity index (χ2v) is 13.4. The molecule has 4 nitrogen and oxygen atoms in total. The first-order valence-corrected chi connectivity index (χ1v) is 13.6. The summed E-state index contributed by atoms with van der Waals surface area (Å²) in [5.41, 5.74) is 3.03. The van der Waals surface area contributed by atoms with Crippen molar-refractivity contribution in [2.24, 2.45) is 39.4 Å². The minimum absolute atomic E-state index is 0.00861. The number of hydrogen-bond donors (Lipinski definition) is 2. The largest absolute Gasteiger partial charge is 0.478 e. The predicted octanol–water partition coefficient (Wildman–Crippen LogP) is 6.72. The van der Waals surface area contributed by atoms with Gasteiger partial charge in [-0.2, -0.15) is 0 Å². The first-order chi connectivity index (χ1) is 15.7. The summed E-state index contributed by atoms with van der Waals surface area (Å²) < 4.78 is 0. The third-order valence-electron chi connectivity index (χ3n) is 11.7. The van der Waals surface area contributed by atoms with Gasteiger partial charge in [-0.25, -0.2) is 4.79 Å². The number of carbonyl (C=O) groups excluding carboxylic acids is 1. The van der Waals surface area contributed by atoms with E-state index >= 15 is 0 Å². The van der Waals surface area contributed by atoms with Crippen LogP contribution in [0.3, 0.4) is 0 Å². The minimum atomic E-state index is -0.828. The summed E-state index contributed by atoms with van der Waals surface area (Å²) in [6.07, 6.45) is 9.99. The quantitative estimate of drug-likeness (QED) is 0.345. The molecule has 0 heterocycles. The Morgan fingerprint density at radius 1 is 1.12 bits per heavy atom. The average molecular weight is 471 g/mol. The average Bonchev–Trinajstić information content (AvgIpc) is 3.04. The first kappa shape index (κ1) is 25.7. The number of Topliss-reactive ketones (excluding diaryl/α,β-unsaturated/α-hetero) is 1. The van der Waals surface area contributed by atoms with Crippen molar-refractivity contribution in [3.05, 3.63) is 22.8 Å². The van der Waals surface area contributed by atoms with Crippen LogP contribution in [-0.2, 0) is 9.59 Å². The fourth-order valence-corrected chi connectivity index (χ4v) is 9.26. The number of aliphatic carboxylic acids is 1. The van der Waals surface area contributed by atoms with E-state index in [0.29, 0.717) is 36.0 Å². The van der Waals surface area contributed by atoms with Gasteiger partial charge >= 0.3 is 5.97 Å². The molecule has 0 aromatic heterocycles. The molecule has 4 aliphatic carbocycles. The highest BCUT2D eigenvalue weighted by Crippen LogP contribution is 2.72. The van der Waals surface area contributed by atoms with Gasteiger partial charge < -0.3 is 10.2 Å². The number of aliphatic hydroxyl groups excluding tert-OH is 1. The maximum absolute atomic E-state index is 12.8. The van der Waals surface area contributed by atoms with Crippen molar-refractivity contribution in [2.45, 2.75) is 112 Å². The molecule has 34 heavy (non-hydrogen) atoms. The van der Waals surface area contributed by atoms with E-state index in [4.69, 9.17) is 5.11 Å². The molecule has 0 aromatic rings. The van der Waals surface area contributed by atoms with Crippen LogP contribution in [0.15, 0.2) is 22.8 Å². The van der Waals surface area contributed by atoms with E-state index in [0.717, 1.165) is 38.5 Å². The number of carbonyl (C=O) groups is 2. The van der Waals surface area contributed by atoms with Crippen LogP contribution in [0.4, 0.5) is 0 Å². The number of ketones is 1. The molecule has 2 fully saturated rings. The van der Waals surface area contributed by atoms with Crippen molar-refractivity contribution in [3.8, 4) is 0 Å². The third kappa shape index (κ3) is 3.49. The Balaban J connectivity index is 1.65. The zero-order chi connectivity index (χ0) is 25.3. The van der Waals surface area contributed by atoms with Crippen LogP contribution in [0.1, 0.15) is 106 Å². The number of fused-ring (bicyclic) bond motifs is 4. The first-order valence-electron chi connectivity index (χ1n) is 13.6. The monoisotopic (exact) mass is 470 g/mol. The highest BCUT2D eigenvalue weighted by molar-refractivity contribution is 5.86. The highest BCUT2D eigenvalue weighted by atomic mass is 16.4. The zero-order valence-electron chi connectivity index (χ0n) is 22.5. The molecule has 0 spiro atoms. The number of aliphatic hydroxyl groups is 1. The lowest BCUT2D eigenvalue weighted by atomic mass is 9.43. The Labute approximate surface area is 206 Å². The van der Waals surface area contributed by atoms with Crippen molar-refractivity contribution in [2.75, 3.05) is 0 Å². The van der Waals surface area contributed by atoms with Crippen molar-refractivity contribution < 1.29 is 19.8 Å². The van der Waals surface area contributed by atoms with E-state index in [2.05, 4.69) is 41.5 Å². The maximum Gasteiger partial charge on any atom is 0.330 e. The minimum Gasteiger partial charge on any atom is -0.478 e. The number of hydrogen-bond acceptors (Lipinski definition) is 3. The normalized spacial score (nSPS) is 42.6. The summed E-state index contributed by atoms with van der Waals surface area (Å²) in [6.45, 7) is 15.5. The Bertz CT molecular complexity index is 941. The van der Waals surface area contributed by atoms with Crippen molar-refractivity contribution >= 4 is 11.8 Å². The number of allylic oxidation sites excluding steroid dienone is 2. The van der Waals surface area contributed by atoms with Crippen LogP contribution >= 0.6 is 0 Å². The molecule has 0 unspecified atom stereocenters. The molecule has 2 saturated carbocycles. The van der Waals surface area contributed by atoms with Crippen LogP contribution in [0, 0.1) is 39.4 Å². The van der Waals surface area contributed by atoms with E-state index < -0.39 is 12.1 Å². The molecule has 2 N–H and O–H groups in total. The van der Waals surface area contributed by atoms with Crippen molar-refractivity contribution in [1.82, 2.24) is 0 Å². The molecule has 4 aliphatic rings. The fourth-order valence-electron chi connectivity index (χ4n) is 9.26. The maximum atomic E-state index is 12.8. The molecule has 0 saturated heterocycles. The molecule has 0 amide bonds. The number of rotatable bonds is 5. The molecule has 4 rings (SSSR count). The fraction of sp³-hybridized carbons (Fsp3) is 0.800.